The fourth-order valence-corrected chi connectivity index (χ4v) is 2.11. The number of nitrogens with zero attached hydrogens (tertiary/aromatic N) is 1. The molecule has 1 aromatic carbocycles. The number of ether oxygens (including phenoxy) is 1. The number of aryl methyl sites for hydroxylation is 1. The maximum Gasteiger partial charge on any atom is 0.405 e. The van der Waals surface area contributed by atoms with Crippen molar-refractivity contribution in [1.29, 1.82) is 0 Å². The summed E-state index contributed by atoms with van der Waals surface area (Å²) in [5, 5.41) is 4.24. The quantitative estimate of drug-likeness (QED) is 0.901. The summed E-state index contributed by atoms with van der Waals surface area (Å²) in [4.78, 5) is 13.6. The minimum atomic E-state index is -4.43. The van der Waals surface area contributed by atoms with Crippen LogP contribution in [0.25, 0.3) is 0 Å². The predicted molar refractivity (Wildman–Crippen MR) is 77.3 cm³/mol. The Labute approximate surface area is 126 Å². The number of amides is 2. The minimum absolute atomic E-state index is 0.490. The van der Waals surface area contributed by atoms with Crippen molar-refractivity contribution < 1.29 is 22.7 Å². The summed E-state index contributed by atoms with van der Waals surface area (Å²) in [5.41, 5.74) is 2.17. The summed E-state index contributed by atoms with van der Waals surface area (Å²) in [5.74, 6) is 0. The number of halogens is 3. The van der Waals surface area contributed by atoms with Gasteiger partial charge in [-0.05, 0) is 24.6 Å². The van der Waals surface area contributed by atoms with Crippen molar-refractivity contribution in [2.75, 3.05) is 43.1 Å². The third-order valence-corrected chi connectivity index (χ3v) is 3.29. The normalized spacial score (nSPS) is 15.5. The van der Waals surface area contributed by atoms with E-state index in [4.69, 9.17) is 4.74 Å². The van der Waals surface area contributed by atoms with Crippen molar-refractivity contribution in [3.8, 4) is 0 Å². The Balaban J connectivity index is 2.02. The molecule has 1 fully saturated rings. The standard InChI is InChI=1S/C14H18F3N3O2/c1-10-2-3-11(20-4-6-22-7-5-20)8-12(10)19-13(21)18-9-14(15,16)17/h2-3,8H,4-7,9H2,1H3,(H2,18,19,21). The number of hydrogen-bond acceptors (Lipinski definition) is 3. The number of hydrogen-bond donors (Lipinski definition) is 2. The van der Waals surface area contributed by atoms with E-state index in [9.17, 15) is 18.0 Å². The molecule has 1 saturated heterocycles. The Hall–Kier alpha value is -1.96. The van der Waals surface area contributed by atoms with Gasteiger partial charge < -0.3 is 20.3 Å². The third-order valence-electron chi connectivity index (χ3n) is 3.29. The number of carbonyl (C=O) groups excluding carboxylic acids is 1. The monoisotopic (exact) mass is 317 g/mol. The van der Waals surface area contributed by atoms with E-state index < -0.39 is 18.8 Å². The first-order chi connectivity index (χ1) is 10.3. The van der Waals surface area contributed by atoms with E-state index in [1.54, 1.807) is 18.3 Å². The summed E-state index contributed by atoms with van der Waals surface area (Å²) >= 11 is 0. The number of alkyl halides is 3. The molecule has 1 aromatic rings. The first-order valence-corrected chi connectivity index (χ1v) is 6.90. The fourth-order valence-electron chi connectivity index (χ4n) is 2.11. The van der Waals surface area contributed by atoms with Crippen molar-refractivity contribution in [3.05, 3.63) is 23.8 Å². The van der Waals surface area contributed by atoms with E-state index in [0.717, 1.165) is 24.3 Å². The molecule has 8 heteroatoms. The number of urea groups is 1. The van der Waals surface area contributed by atoms with Crippen LogP contribution in [0.15, 0.2) is 18.2 Å². The van der Waals surface area contributed by atoms with Crippen LogP contribution >= 0.6 is 0 Å². The maximum atomic E-state index is 12.1. The molecule has 0 bridgehead atoms. The van der Waals surface area contributed by atoms with Gasteiger partial charge in [0.15, 0.2) is 0 Å². The summed E-state index contributed by atoms with van der Waals surface area (Å²) in [6.07, 6.45) is -4.43. The lowest BCUT2D eigenvalue weighted by molar-refractivity contribution is -0.122. The molecule has 0 aliphatic carbocycles. The van der Waals surface area contributed by atoms with E-state index in [1.807, 2.05) is 12.1 Å². The molecule has 22 heavy (non-hydrogen) atoms. The first-order valence-electron chi connectivity index (χ1n) is 6.90. The molecule has 2 amide bonds. The molecule has 1 aliphatic heterocycles. The van der Waals surface area contributed by atoms with Crippen LogP contribution in [0.2, 0.25) is 0 Å². The average Bonchev–Trinajstić information content (AvgIpc) is 2.48. The molecule has 0 unspecified atom stereocenters. The van der Waals surface area contributed by atoms with Crippen molar-refractivity contribution in [3.63, 3.8) is 0 Å². The largest absolute Gasteiger partial charge is 0.405 e. The molecule has 2 N–H and O–H groups in total. The molecule has 0 saturated carbocycles. The lowest BCUT2D eigenvalue weighted by Crippen LogP contribution is -2.37. The van der Waals surface area contributed by atoms with Crippen LogP contribution in [0.4, 0.5) is 29.3 Å². The maximum absolute atomic E-state index is 12.1. The van der Waals surface area contributed by atoms with Crippen molar-refractivity contribution in [2.24, 2.45) is 0 Å². The van der Waals surface area contributed by atoms with Crippen LogP contribution in [0, 0.1) is 6.92 Å². The smallest absolute Gasteiger partial charge is 0.378 e. The van der Waals surface area contributed by atoms with Gasteiger partial charge in [-0.15, -0.1) is 0 Å². The minimum Gasteiger partial charge on any atom is -0.378 e. The number of morpholine rings is 1. The Morgan fingerprint density at radius 3 is 2.64 bits per heavy atom. The SMILES string of the molecule is Cc1ccc(N2CCOCC2)cc1NC(=O)NCC(F)(F)F. The Morgan fingerprint density at radius 2 is 2.00 bits per heavy atom. The highest BCUT2D eigenvalue weighted by Crippen LogP contribution is 2.24. The van der Waals surface area contributed by atoms with Crippen molar-refractivity contribution >= 4 is 17.4 Å². The molecule has 5 nitrogen and oxygen atoms in total. The zero-order valence-electron chi connectivity index (χ0n) is 12.2. The van der Waals surface area contributed by atoms with Crippen LogP contribution < -0.4 is 15.5 Å². The summed E-state index contributed by atoms with van der Waals surface area (Å²) in [6.45, 7) is 3.15. The number of rotatable bonds is 3. The molecule has 0 aromatic heterocycles. The first kappa shape index (κ1) is 16.4. The van der Waals surface area contributed by atoms with Crippen LogP contribution in [-0.2, 0) is 4.74 Å². The van der Waals surface area contributed by atoms with E-state index in [2.05, 4.69) is 10.2 Å². The van der Waals surface area contributed by atoms with Crippen LogP contribution in [0.1, 0.15) is 5.56 Å². The van der Waals surface area contributed by atoms with Gasteiger partial charge in [-0.25, -0.2) is 4.79 Å². The molecule has 0 spiro atoms. The highest BCUT2D eigenvalue weighted by atomic mass is 19.4. The average molecular weight is 317 g/mol. The highest BCUT2D eigenvalue weighted by molar-refractivity contribution is 5.90. The zero-order valence-corrected chi connectivity index (χ0v) is 12.2. The lowest BCUT2D eigenvalue weighted by Gasteiger charge is -2.29. The molecule has 0 radical (unpaired) electrons. The molecule has 1 heterocycles. The second-order valence-corrected chi connectivity index (χ2v) is 5.02. The summed E-state index contributed by atoms with van der Waals surface area (Å²) < 4.78 is 41.5. The van der Waals surface area contributed by atoms with Gasteiger partial charge in [0.2, 0.25) is 0 Å². The van der Waals surface area contributed by atoms with E-state index in [-0.39, 0.29) is 0 Å². The van der Waals surface area contributed by atoms with Gasteiger partial charge in [0, 0.05) is 24.5 Å². The summed E-state index contributed by atoms with van der Waals surface area (Å²) in [6, 6.07) is 4.62. The van der Waals surface area contributed by atoms with Gasteiger partial charge in [-0.1, -0.05) is 6.07 Å². The van der Waals surface area contributed by atoms with Crippen LogP contribution in [0.5, 0.6) is 0 Å². The van der Waals surface area contributed by atoms with Crippen LogP contribution in [-0.4, -0.2) is 45.1 Å². The van der Waals surface area contributed by atoms with Crippen molar-refractivity contribution in [1.82, 2.24) is 5.32 Å². The second-order valence-electron chi connectivity index (χ2n) is 5.02. The number of nitrogens with one attached hydrogen (secondary N) is 2. The second kappa shape index (κ2) is 6.87. The number of benzene rings is 1. The van der Waals surface area contributed by atoms with Gasteiger partial charge in [0.25, 0.3) is 0 Å². The molecular formula is C14H18F3N3O2. The van der Waals surface area contributed by atoms with E-state index >= 15 is 0 Å². The van der Waals surface area contributed by atoms with Gasteiger partial charge in [-0.2, -0.15) is 13.2 Å². The molecular weight excluding hydrogens is 299 g/mol. The Kier molecular flexibility index (Phi) is 5.12. The third kappa shape index (κ3) is 4.80. The topological polar surface area (TPSA) is 53.6 Å². The zero-order chi connectivity index (χ0) is 16.2. The Bertz CT molecular complexity index is 529. The van der Waals surface area contributed by atoms with Gasteiger partial charge >= 0.3 is 12.2 Å². The molecule has 1 aliphatic rings. The summed E-state index contributed by atoms with van der Waals surface area (Å²) in [7, 11) is 0. The Morgan fingerprint density at radius 1 is 1.32 bits per heavy atom. The van der Waals surface area contributed by atoms with Gasteiger partial charge in [0.1, 0.15) is 6.54 Å². The lowest BCUT2D eigenvalue weighted by atomic mass is 10.1. The highest BCUT2D eigenvalue weighted by Gasteiger charge is 2.27. The van der Waals surface area contributed by atoms with Gasteiger partial charge in [0.05, 0.1) is 13.2 Å². The predicted octanol–water partition coefficient (Wildman–Crippen LogP) is 2.52. The molecule has 0 atom stereocenters. The fraction of sp³-hybridized carbons (Fsp3) is 0.500. The number of carbonyl (C=O) groups is 1. The van der Waals surface area contributed by atoms with Gasteiger partial charge in [-0.3, -0.25) is 0 Å². The van der Waals surface area contributed by atoms with E-state index in [0.29, 0.717) is 18.9 Å². The van der Waals surface area contributed by atoms with E-state index in [1.165, 1.54) is 0 Å². The van der Waals surface area contributed by atoms with Crippen molar-refractivity contribution in [2.45, 2.75) is 13.1 Å². The molecule has 2 rings (SSSR count). The molecule has 122 valence electrons. The number of anilines is 2. The van der Waals surface area contributed by atoms with Crippen LogP contribution in [0.3, 0.4) is 0 Å².